The van der Waals surface area contributed by atoms with Crippen LogP contribution in [0.3, 0.4) is 0 Å². The minimum absolute atomic E-state index is 0.0417. The molecule has 0 atom stereocenters. The van der Waals surface area contributed by atoms with Crippen LogP contribution in [0.5, 0.6) is 5.75 Å². The summed E-state index contributed by atoms with van der Waals surface area (Å²) in [6, 6.07) is 16.3. The van der Waals surface area contributed by atoms with E-state index in [1.807, 2.05) is 12.1 Å². The van der Waals surface area contributed by atoms with Gasteiger partial charge in [0.2, 0.25) is 0 Å². The van der Waals surface area contributed by atoms with Gasteiger partial charge in [0.25, 0.3) is 0 Å². The molecule has 0 aliphatic carbocycles. The van der Waals surface area contributed by atoms with E-state index in [1.54, 1.807) is 12.1 Å². The first-order chi connectivity index (χ1) is 9.95. The van der Waals surface area contributed by atoms with Crippen LogP contribution in [0.4, 0.5) is 0 Å². The van der Waals surface area contributed by atoms with Gasteiger partial charge in [0, 0.05) is 5.41 Å². The zero-order chi connectivity index (χ0) is 15.9. The molecule has 21 heavy (non-hydrogen) atoms. The molecule has 0 aliphatic heterocycles. The van der Waals surface area contributed by atoms with Gasteiger partial charge in [-0.1, -0.05) is 77.4 Å². The molecule has 0 spiro atoms. The Morgan fingerprint density at radius 3 is 1.52 bits per heavy atom. The Labute approximate surface area is 129 Å². The molecule has 0 fully saturated rings. The van der Waals surface area contributed by atoms with Gasteiger partial charge in [0.15, 0.2) is 0 Å². The van der Waals surface area contributed by atoms with Crippen LogP contribution < -0.4 is 0 Å². The molecular formula is C20H28O. The van der Waals surface area contributed by atoms with Crippen LogP contribution in [-0.2, 0) is 11.8 Å². The summed E-state index contributed by atoms with van der Waals surface area (Å²) in [6.45, 7) is 10.8. The molecule has 2 aromatic rings. The fraction of sp³-hybridized carbons (Fsp3) is 0.400. The second-order valence-corrected chi connectivity index (χ2v) is 5.93. The highest BCUT2D eigenvalue weighted by Crippen LogP contribution is 2.32. The van der Waals surface area contributed by atoms with E-state index in [9.17, 15) is 5.11 Å². The Balaban J connectivity index is 0.000000677. The van der Waals surface area contributed by atoms with Gasteiger partial charge in [0.05, 0.1) is 0 Å². The summed E-state index contributed by atoms with van der Waals surface area (Å²) >= 11 is 0. The van der Waals surface area contributed by atoms with E-state index in [-0.39, 0.29) is 5.41 Å². The lowest BCUT2D eigenvalue weighted by molar-refractivity contribution is 0.474. The first-order valence-electron chi connectivity index (χ1n) is 7.84. The summed E-state index contributed by atoms with van der Waals surface area (Å²) in [5.41, 5.74) is 3.83. The maximum absolute atomic E-state index is 9.36. The molecule has 1 N–H and O–H groups in total. The van der Waals surface area contributed by atoms with Gasteiger partial charge in [0.1, 0.15) is 5.75 Å². The number of hydrogen-bond donors (Lipinski definition) is 1. The monoisotopic (exact) mass is 284 g/mol. The summed E-state index contributed by atoms with van der Waals surface area (Å²) in [5, 5.41) is 9.36. The SMILES string of the molecule is CCC.CCc1ccc(C(C)(C)c2ccc(O)cc2)cc1. The zero-order valence-electron chi connectivity index (χ0n) is 14.0. The van der Waals surface area contributed by atoms with Crippen LogP contribution in [-0.4, -0.2) is 5.11 Å². The Kier molecular flexibility index (Phi) is 6.48. The van der Waals surface area contributed by atoms with E-state index in [0.717, 1.165) is 6.42 Å². The van der Waals surface area contributed by atoms with E-state index < -0.39 is 0 Å². The highest BCUT2D eigenvalue weighted by Gasteiger charge is 2.22. The van der Waals surface area contributed by atoms with Crippen LogP contribution in [0.2, 0.25) is 0 Å². The van der Waals surface area contributed by atoms with Crippen LogP contribution in [0.15, 0.2) is 48.5 Å². The molecule has 0 heterocycles. The van der Waals surface area contributed by atoms with Gasteiger partial charge >= 0.3 is 0 Å². The Bertz CT molecular complexity index is 521. The Hall–Kier alpha value is -1.76. The van der Waals surface area contributed by atoms with E-state index in [1.165, 1.54) is 23.1 Å². The van der Waals surface area contributed by atoms with E-state index in [4.69, 9.17) is 0 Å². The maximum Gasteiger partial charge on any atom is 0.115 e. The number of phenolic OH excluding ortho intramolecular Hbond substituents is 1. The van der Waals surface area contributed by atoms with Gasteiger partial charge in [-0.3, -0.25) is 0 Å². The van der Waals surface area contributed by atoms with Crippen LogP contribution >= 0.6 is 0 Å². The van der Waals surface area contributed by atoms with Crippen LogP contribution in [0.25, 0.3) is 0 Å². The molecule has 0 saturated heterocycles. The second-order valence-electron chi connectivity index (χ2n) is 5.93. The lowest BCUT2D eigenvalue weighted by atomic mass is 9.78. The Morgan fingerprint density at radius 2 is 1.14 bits per heavy atom. The number of aromatic hydroxyl groups is 1. The van der Waals surface area contributed by atoms with Gasteiger partial charge in [-0.05, 0) is 35.2 Å². The fourth-order valence-electron chi connectivity index (χ4n) is 2.20. The van der Waals surface area contributed by atoms with E-state index in [0.29, 0.717) is 5.75 Å². The largest absolute Gasteiger partial charge is 0.508 e. The summed E-state index contributed by atoms with van der Waals surface area (Å²) in [6.07, 6.45) is 2.32. The third-order valence-electron chi connectivity index (χ3n) is 3.67. The summed E-state index contributed by atoms with van der Waals surface area (Å²) < 4.78 is 0. The van der Waals surface area contributed by atoms with Gasteiger partial charge in [-0.15, -0.1) is 0 Å². The van der Waals surface area contributed by atoms with Crippen molar-refractivity contribution in [2.45, 2.75) is 52.9 Å². The lowest BCUT2D eigenvalue weighted by Gasteiger charge is -2.26. The van der Waals surface area contributed by atoms with Crippen molar-refractivity contribution in [1.29, 1.82) is 0 Å². The standard InChI is InChI=1S/C17H20O.C3H8/c1-4-13-5-7-14(8-6-13)17(2,3)15-9-11-16(18)12-10-15;1-3-2/h5-12,18H,4H2,1-3H3;3H2,1-2H3. The number of hydrogen-bond acceptors (Lipinski definition) is 1. The molecule has 0 bridgehead atoms. The molecule has 114 valence electrons. The molecule has 0 aliphatic rings. The quantitative estimate of drug-likeness (QED) is 0.767. The first kappa shape index (κ1) is 17.3. The number of benzene rings is 2. The number of phenols is 1. The van der Waals surface area contributed by atoms with Crippen molar-refractivity contribution >= 4 is 0 Å². The van der Waals surface area contributed by atoms with Crippen molar-refractivity contribution in [3.8, 4) is 5.75 Å². The van der Waals surface area contributed by atoms with Crippen molar-refractivity contribution in [2.24, 2.45) is 0 Å². The van der Waals surface area contributed by atoms with Crippen LogP contribution in [0, 0.1) is 0 Å². The van der Waals surface area contributed by atoms with E-state index >= 15 is 0 Å². The van der Waals surface area contributed by atoms with Crippen molar-refractivity contribution in [3.63, 3.8) is 0 Å². The molecule has 0 aromatic heterocycles. The molecular weight excluding hydrogens is 256 g/mol. The smallest absolute Gasteiger partial charge is 0.115 e. The minimum Gasteiger partial charge on any atom is -0.508 e. The topological polar surface area (TPSA) is 20.2 Å². The predicted molar refractivity (Wildman–Crippen MR) is 92.0 cm³/mol. The molecule has 1 heteroatoms. The highest BCUT2D eigenvalue weighted by atomic mass is 16.3. The molecule has 0 saturated carbocycles. The molecule has 0 amide bonds. The summed E-state index contributed by atoms with van der Waals surface area (Å²) in [5.74, 6) is 0.316. The minimum atomic E-state index is -0.0417. The van der Waals surface area contributed by atoms with Crippen molar-refractivity contribution in [3.05, 3.63) is 65.2 Å². The second kappa shape index (κ2) is 7.87. The normalized spacial score (nSPS) is 10.7. The predicted octanol–water partition coefficient (Wildman–Crippen LogP) is 5.70. The average Bonchev–Trinajstić information content (AvgIpc) is 2.48. The molecule has 0 radical (unpaired) electrons. The summed E-state index contributed by atoms with van der Waals surface area (Å²) in [4.78, 5) is 0. The van der Waals surface area contributed by atoms with Crippen molar-refractivity contribution in [1.82, 2.24) is 0 Å². The fourth-order valence-corrected chi connectivity index (χ4v) is 2.20. The first-order valence-corrected chi connectivity index (χ1v) is 7.84. The van der Waals surface area contributed by atoms with Gasteiger partial charge < -0.3 is 5.11 Å². The molecule has 2 rings (SSSR count). The molecule has 1 nitrogen and oxygen atoms in total. The van der Waals surface area contributed by atoms with Crippen LogP contribution in [0.1, 0.15) is 57.7 Å². The van der Waals surface area contributed by atoms with Crippen molar-refractivity contribution < 1.29 is 5.11 Å². The van der Waals surface area contributed by atoms with E-state index in [2.05, 4.69) is 58.9 Å². The number of rotatable bonds is 3. The van der Waals surface area contributed by atoms with Gasteiger partial charge in [-0.2, -0.15) is 0 Å². The zero-order valence-corrected chi connectivity index (χ0v) is 14.0. The third-order valence-corrected chi connectivity index (χ3v) is 3.67. The Morgan fingerprint density at radius 1 is 0.762 bits per heavy atom. The molecule has 2 aromatic carbocycles. The number of aryl methyl sites for hydroxylation is 1. The lowest BCUT2D eigenvalue weighted by Crippen LogP contribution is -2.18. The summed E-state index contributed by atoms with van der Waals surface area (Å²) in [7, 11) is 0. The van der Waals surface area contributed by atoms with Gasteiger partial charge in [-0.25, -0.2) is 0 Å². The highest BCUT2D eigenvalue weighted by molar-refractivity contribution is 5.40. The molecule has 0 unspecified atom stereocenters. The third kappa shape index (κ3) is 4.63. The maximum atomic E-state index is 9.36. The van der Waals surface area contributed by atoms with Crippen molar-refractivity contribution in [2.75, 3.05) is 0 Å². The average molecular weight is 284 g/mol.